The number of nitrogens with zero attached hydrogens (tertiary/aromatic N) is 2. The first kappa shape index (κ1) is 20.8. The minimum atomic E-state index is -0.360. The number of rotatable bonds is 6. The van der Waals surface area contributed by atoms with Crippen molar-refractivity contribution in [3.63, 3.8) is 0 Å². The van der Waals surface area contributed by atoms with Gasteiger partial charge in [-0.1, -0.05) is 15.9 Å². The Hall–Kier alpha value is -1.97. The van der Waals surface area contributed by atoms with E-state index in [4.69, 9.17) is 0 Å². The largest absolute Gasteiger partial charge is 0.352 e. The first-order chi connectivity index (χ1) is 13.4. The van der Waals surface area contributed by atoms with Crippen LogP contribution in [0, 0.1) is 0 Å². The monoisotopic (exact) mass is 451 g/mol. The number of piperazine rings is 1. The molecule has 2 aliphatic rings. The summed E-state index contributed by atoms with van der Waals surface area (Å²) in [5, 5.41) is 3.04. The third-order valence-corrected chi connectivity index (χ3v) is 5.58. The number of nitrogens with one attached hydrogen (secondary N) is 3. The summed E-state index contributed by atoms with van der Waals surface area (Å²) in [5.74, 6) is -0.538. The van der Waals surface area contributed by atoms with E-state index >= 15 is 0 Å². The van der Waals surface area contributed by atoms with Crippen molar-refractivity contribution in [1.29, 1.82) is 0 Å². The molecule has 9 heteroatoms. The van der Waals surface area contributed by atoms with Gasteiger partial charge in [0.2, 0.25) is 5.91 Å². The normalized spacial score (nSPS) is 18.9. The molecular formula is C19H26BrN5O3. The van der Waals surface area contributed by atoms with Crippen molar-refractivity contribution in [3.05, 3.63) is 34.3 Å². The Labute approximate surface area is 173 Å². The molecule has 1 aromatic carbocycles. The molecule has 1 atom stereocenters. The van der Waals surface area contributed by atoms with E-state index in [0.717, 1.165) is 30.4 Å². The molecule has 152 valence electrons. The van der Waals surface area contributed by atoms with Gasteiger partial charge in [-0.2, -0.15) is 0 Å². The van der Waals surface area contributed by atoms with Gasteiger partial charge < -0.3 is 5.32 Å². The number of benzene rings is 1. The SMILES string of the molecule is CC(C(=O)NC1CC1)N1CCN(CC(=O)NNC(=O)c2ccc(Br)cc2)CC1. The highest BCUT2D eigenvalue weighted by Crippen LogP contribution is 2.19. The van der Waals surface area contributed by atoms with Gasteiger partial charge in [0, 0.05) is 42.3 Å². The first-order valence-electron chi connectivity index (χ1n) is 9.54. The van der Waals surface area contributed by atoms with Crippen LogP contribution in [0.1, 0.15) is 30.1 Å². The summed E-state index contributed by atoms with van der Waals surface area (Å²) in [6.45, 7) is 5.01. The van der Waals surface area contributed by atoms with Gasteiger partial charge >= 0.3 is 0 Å². The van der Waals surface area contributed by atoms with E-state index in [0.29, 0.717) is 24.7 Å². The van der Waals surface area contributed by atoms with Crippen LogP contribution in [0.2, 0.25) is 0 Å². The number of carbonyl (C=O) groups is 3. The smallest absolute Gasteiger partial charge is 0.269 e. The fraction of sp³-hybridized carbons (Fsp3) is 0.526. The second kappa shape index (κ2) is 9.49. The molecule has 3 amide bonds. The van der Waals surface area contributed by atoms with Gasteiger partial charge in [-0.3, -0.25) is 35.0 Å². The van der Waals surface area contributed by atoms with Gasteiger partial charge in [-0.05, 0) is 44.0 Å². The highest BCUT2D eigenvalue weighted by atomic mass is 79.9. The number of hydrazine groups is 1. The quantitative estimate of drug-likeness (QED) is 0.547. The van der Waals surface area contributed by atoms with E-state index in [1.54, 1.807) is 24.3 Å². The number of hydrogen-bond donors (Lipinski definition) is 3. The number of carbonyl (C=O) groups excluding carboxylic acids is 3. The van der Waals surface area contributed by atoms with E-state index in [1.807, 2.05) is 11.8 Å². The van der Waals surface area contributed by atoms with Crippen molar-refractivity contribution < 1.29 is 14.4 Å². The van der Waals surface area contributed by atoms with Gasteiger partial charge in [-0.25, -0.2) is 0 Å². The molecule has 3 rings (SSSR count). The Morgan fingerprint density at radius 2 is 1.71 bits per heavy atom. The molecule has 3 N–H and O–H groups in total. The second-order valence-corrected chi connectivity index (χ2v) is 8.20. The summed E-state index contributed by atoms with van der Waals surface area (Å²) >= 11 is 3.31. The van der Waals surface area contributed by atoms with Crippen molar-refractivity contribution in [2.45, 2.75) is 31.8 Å². The first-order valence-corrected chi connectivity index (χ1v) is 10.3. The predicted molar refractivity (Wildman–Crippen MR) is 108 cm³/mol. The van der Waals surface area contributed by atoms with E-state index in [2.05, 4.69) is 37.0 Å². The Balaban J connectivity index is 1.35. The summed E-state index contributed by atoms with van der Waals surface area (Å²) in [7, 11) is 0. The maximum absolute atomic E-state index is 12.2. The fourth-order valence-corrected chi connectivity index (χ4v) is 3.33. The lowest BCUT2D eigenvalue weighted by molar-refractivity contribution is -0.128. The zero-order valence-corrected chi connectivity index (χ0v) is 17.5. The van der Waals surface area contributed by atoms with Gasteiger partial charge in [0.15, 0.2) is 0 Å². The molecule has 1 heterocycles. The van der Waals surface area contributed by atoms with Crippen LogP contribution in [0.4, 0.5) is 0 Å². The summed E-state index contributed by atoms with van der Waals surface area (Å²) in [4.78, 5) is 40.4. The molecule has 28 heavy (non-hydrogen) atoms. The third-order valence-electron chi connectivity index (χ3n) is 5.05. The van der Waals surface area contributed by atoms with E-state index < -0.39 is 0 Å². The average molecular weight is 452 g/mol. The molecule has 0 spiro atoms. The molecule has 1 saturated carbocycles. The van der Waals surface area contributed by atoms with Gasteiger partial charge in [-0.15, -0.1) is 0 Å². The van der Waals surface area contributed by atoms with E-state index in [-0.39, 0.29) is 30.3 Å². The summed E-state index contributed by atoms with van der Waals surface area (Å²) in [6, 6.07) is 7.09. The average Bonchev–Trinajstić information content (AvgIpc) is 3.50. The Kier molecular flexibility index (Phi) is 7.03. The number of amides is 3. The third kappa shape index (κ3) is 6.02. The minimum Gasteiger partial charge on any atom is -0.352 e. The van der Waals surface area contributed by atoms with Crippen molar-refractivity contribution in [2.75, 3.05) is 32.7 Å². The van der Waals surface area contributed by atoms with E-state index in [1.165, 1.54) is 0 Å². The topological polar surface area (TPSA) is 93.8 Å². The Bertz CT molecular complexity index is 715. The summed E-state index contributed by atoms with van der Waals surface area (Å²) in [5.41, 5.74) is 5.35. The molecule has 1 unspecified atom stereocenters. The lowest BCUT2D eigenvalue weighted by Gasteiger charge is -2.37. The van der Waals surface area contributed by atoms with Gasteiger partial charge in [0.25, 0.3) is 11.8 Å². The van der Waals surface area contributed by atoms with Gasteiger partial charge in [0.1, 0.15) is 0 Å². The maximum atomic E-state index is 12.2. The Morgan fingerprint density at radius 3 is 2.32 bits per heavy atom. The van der Waals surface area contributed by atoms with Crippen LogP contribution < -0.4 is 16.2 Å². The van der Waals surface area contributed by atoms with Crippen LogP contribution in [0.3, 0.4) is 0 Å². The van der Waals surface area contributed by atoms with Crippen molar-refractivity contribution in [1.82, 2.24) is 26.0 Å². The molecule has 0 radical (unpaired) electrons. The van der Waals surface area contributed by atoms with Gasteiger partial charge in [0.05, 0.1) is 12.6 Å². The van der Waals surface area contributed by atoms with Crippen LogP contribution >= 0.6 is 15.9 Å². The molecule has 0 aromatic heterocycles. The minimum absolute atomic E-state index is 0.0874. The molecule has 2 fully saturated rings. The maximum Gasteiger partial charge on any atom is 0.269 e. The van der Waals surface area contributed by atoms with Crippen molar-refractivity contribution >= 4 is 33.7 Å². The molecule has 1 saturated heterocycles. The van der Waals surface area contributed by atoms with Crippen LogP contribution in [0.5, 0.6) is 0 Å². The molecule has 8 nitrogen and oxygen atoms in total. The summed E-state index contributed by atoms with van der Waals surface area (Å²) in [6.07, 6.45) is 2.17. The van der Waals surface area contributed by atoms with Crippen LogP contribution in [-0.2, 0) is 9.59 Å². The van der Waals surface area contributed by atoms with Crippen LogP contribution in [0.15, 0.2) is 28.7 Å². The van der Waals surface area contributed by atoms with Crippen molar-refractivity contribution in [3.8, 4) is 0 Å². The Morgan fingerprint density at radius 1 is 1.07 bits per heavy atom. The predicted octanol–water partition coefficient (Wildman–Crippen LogP) is 0.495. The number of halogens is 1. The number of hydrogen-bond acceptors (Lipinski definition) is 5. The lowest BCUT2D eigenvalue weighted by atomic mass is 10.2. The molecule has 1 aliphatic heterocycles. The van der Waals surface area contributed by atoms with Crippen LogP contribution in [-0.4, -0.2) is 72.3 Å². The molecule has 1 aromatic rings. The van der Waals surface area contributed by atoms with Crippen LogP contribution in [0.25, 0.3) is 0 Å². The molecule has 0 bridgehead atoms. The second-order valence-electron chi connectivity index (χ2n) is 7.28. The van der Waals surface area contributed by atoms with Crippen molar-refractivity contribution in [2.24, 2.45) is 0 Å². The molecule has 1 aliphatic carbocycles. The van der Waals surface area contributed by atoms with E-state index in [9.17, 15) is 14.4 Å². The fourth-order valence-electron chi connectivity index (χ4n) is 3.07. The molecular weight excluding hydrogens is 426 g/mol. The summed E-state index contributed by atoms with van der Waals surface area (Å²) < 4.78 is 0.881. The zero-order valence-electron chi connectivity index (χ0n) is 15.9. The highest BCUT2D eigenvalue weighted by molar-refractivity contribution is 9.10. The highest BCUT2D eigenvalue weighted by Gasteiger charge is 2.30. The lowest BCUT2D eigenvalue weighted by Crippen LogP contribution is -2.56. The standard InChI is InChI=1S/C19H26BrN5O3/c1-13(18(27)21-16-6-7-16)25-10-8-24(9-11-25)12-17(26)22-23-19(28)14-2-4-15(20)5-3-14/h2-5,13,16H,6-12H2,1H3,(H,21,27)(H,22,26)(H,23,28). The zero-order chi connectivity index (χ0) is 20.1.